The molecule has 0 heterocycles. The predicted molar refractivity (Wildman–Crippen MR) is 44.9 cm³/mol. The first kappa shape index (κ1) is 15.3. The van der Waals surface area contributed by atoms with Crippen LogP contribution in [0.15, 0.2) is 0 Å². The Morgan fingerprint density at radius 3 is 2.21 bits per heavy atom. The molecule has 0 radical (unpaired) electrons. The van der Waals surface area contributed by atoms with E-state index in [0.29, 0.717) is 13.0 Å². The molecule has 14 heavy (non-hydrogen) atoms. The molecule has 0 aliphatic carbocycles. The standard InChI is InChI=1S/C5H9NO3.H2O4S/c1-5(8)9-3-2-6-4-7;1-5(2,3)4/h4H,2-3H2,1H3,(H,6,7);(H2,1,2,3,4). The maximum Gasteiger partial charge on any atom is 0.394 e. The van der Waals surface area contributed by atoms with Crippen LogP contribution in [0.3, 0.4) is 0 Å². The van der Waals surface area contributed by atoms with Gasteiger partial charge in [-0.15, -0.1) is 0 Å². The SMILES string of the molecule is CC(=O)OCCNC=O.O=S(=O)(O)O. The molecule has 0 atom stereocenters. The first-order valence-electron chi connectivity index (χ1n) is 3.27. The van der Waals surface area contributed by atoms with Crippen molar-refractivity contribution in [3.63, 3.8) is 0 Å². The van der Waals surface area contributed by atoms with Crippen molar-refractivity contribution < 1.29 is 31.8 Å². The van der Waals surface area contributed by atoms with Crippen molar-refractivity contribution in [2.45, 2.75) is 6.92 Å². The van der Waals surface area contributed by atoms with E-state index in [0.717, 1.165) is 0 Å². The number of esters is 1. The van der Waals surface area contributed by atoms with E-state index < -0.39 is 10.4 Å². The molecule has 0 aliphatic heterocycles. The van der Waals surface area contributed by atoms with Gasteiger partial charge in [0.05, 0.1) is 6.54 Å². The van der Waals surface area contributed by atoms with Crippen molar-refractivity contribution in [3.8, 4) is 0 Å². The van der Waals surface area contributed by atoms with Gasteiger partial charge in [0, 0.05) is 6.92 Å². The zero-order valence-corrected chi connectivity index (χ0v) is 8.15. The van der Waals surface area contributed by atoms with E-state index >= 15 is 0 Å². The third kappa shape index (κ3) is 45.0. The number of hydrogen-bond acceptors (Lipinski definition) is 5. The number of carbonyl (C=O) groups excluding carboxylic acids is 2. The summed E-state index contributed by atoms with van der Waals surface area (Å²) in [4.78, 5) is 19.7. The van der Waals surface area contributed by atoms with Crippen molar-refractivity contribution in [3.05, 3.63) is 0 Å². The highest BCUT2D eigenvalue weighted by Gasteiger charge is 1.88. The summed E-state index contributed by atoms with van der Waals surface area (Å²) >= 11 is 0. The Labute approximate surface area is 80.8 Å². The van der Waals surface area contributed by atoms with E-state index in [-0.39, 0.29) is 12.6 Å². The lowest BCUT2D eigenvalue weighted by molar-refractivity contribution is -0.141. The molecule has 1 amide bonds. The molecule has 0 spiro atoms. The molecule has 0 aliphatic rings. The third-order valence-electron chi connectivity index (χ3n) is 0.635. The summed E-state index contributed by atoms with van der Waals surface area (Å²) in [5, 5.41) is 2.35. The average Bonchev–Trinajstić information content (AvgIpc) is 1.94. The van der Waals surface area contributed by atoms with Crippen molar-refractivity contribution >= 4 is 22.8 Å². The van der Waals surface area contributed by atoms with Crippen molar-refractivity contribution in [1.29, 1.82) is 0 Å². The number of carbonyl (C=O) groups is 2. The number of ether oxygens (including phenoxy) is 1. The summed E-state index contributed by atoms with van der Waals surface area (Å²) in [5.41, 5.74) is 0. The molecule has 3 N–H and O–H groups in total. The minimum Gasteiger partial charge on any atom is -0.464 e. The molecular formula is C5H11NO7S. The van der Waals surface area contributed by atoms with Gasteiger partial charge in [0.1, 0.15) is 6.61 Å². The van der Waals surface area contributed by atoms with Gasteiger partial charge in [0.2, 0.25) is 6.41 Å². The molecule has 0 unspecified atom stereocenters. The summed E-state index contributed by atoms with van der Waals surface area (Å²) in [6, 6.07) is 0. The summed E-state index contributed by atoms with van der Waals surface area (Å²) < 4.78 is 36.1. The first-order chi connectivity index (χ1) is 6.27. The van der Waals surface area contributed by atoms with Crippen LogP contribution in [0.4, 0.5) is 0 Å². The van der Waals surface area contributed by atoms with Gasteiger partial charge in [-0.25, -0.2) is 0 Å². The second-order valence-corrected chi connectivity index (χ2v) is 2.76. The zero-order chi connectivity index (χ0) is 11.6. The van der Waals surface area contributed by atoms with Crippen molar-refractivity contribution in [2.75, 3.05) is 13.2 Å². The highest BCUT2D eigenvalue weighted by atomic mass is 32.3. The summed E-state index contributed by atoms with van der Waals surface area (Å²) in [7, 11) is -4.67. The Morgan fingerprint density at radius 1 is 1.50 bits per heavy atom. The van der Waals surface area contributed by atoms with Crippen LogP contribution in [-0.4, -0.2) is 43.1 Å². The molecular weight excluding hydrogens is 218 g/mol. The van der Waals surface area contributed by atoms with Gasteiger partial charge in [0.15, 0.2) is 0 Å². The van der Waals surface area contributed by atoms with Gasteiger partial charge in [0.25, 0.3) is 0 Å². The largest absolute Gasteiger partial charge is 0.464 e. The molecule has 0 saturated heterocycles. The molecule has 0 aromatic carbocycles. The second-order valence-electron chi connectivity index (χ2n) is 1.86. The van der Waals surface area contributed by atoms with Crippen LogP contribution in [0.5, 0.6) is 0 Å². The van der Waals surface area contributed by atoms with Gasteiger partial charge in [-0.2, -0.15) is 8.42 Å². The Hall–Kier alpha value is -1.19. The fraction of sp³-hybridized carbons (Fsp3) is 0.600. The molecule has 0 bridgehead atoms. The van der Waals surface area contributed by atoms with Crippen molar-refractivity contribution in [2.24, 2.45) is 0 Å². The Morgan fingerprint density at radius 2 is 1.93 bits per heavy atom. The highest BCUT2D eigenvalue weighted by Crippen LogP contribution is 1.71. The van der Waals surface area contributed by atoms with Crippen LogP contribution in [0.2, 0.25) is 0 Å². The number of nitrogens with one attached hydrogen (secondary N) is 1. The zero-order valence-electron chi connectivity index (χ0n) is 7.34. The van der Waals surface area contributed by atoms with Crippen LogP contribution >= 0.6 is 0 Å². The summed E-state index contributed by atoms with van der Waals surface area (Å²) in [6.07, 6.45) is 0.559. The second kappa shape index (κ2) is 8.41. The topological polar surface area (TPSA) is 130 Å². The average molecular weight is 229 g/mol. The molecule has 0 fully saturated rings. The van der Waals surface area contributed by atoms with Crippen LogP contribution in [0, 0.1) is 0 Å². The maximum atomic E-state index is 10.1. The lowest BCUT2D eigenvalue weighted by Crippen LogP contribution is -2.18. The van der Waals surface area contributed by atoms with Crippen LogP contribution in [-0.2, 0) is 24.7 Å². The van der Waals surface area contributed by atoms with Crippen LogP contribution in [0.1, 0.15) is 6.92 Å². The molecule has 8 nitrogen and oxygen atoms in total. The third-order valence-corrected chi connectivity index (χ3v) is 0.635. The summed E-state index contributed by atoms with van der Waals surface area (Å²) in [5.74, 6) is -0.331. The monoisotopic (exact) mass is 229 g/mol. The smallest absolute Gasteiger partial charge is 0.394 e. The molecule has 84 valence electrons. The van der Waals surface area contributed by atoms with Crippen molar-refractivity contribution in [1.82, 2.24) is 5.32 Å². The van der Waals surface area contributed by atoms with E-state index in [1.54, 1.807) is 0 Å². The normalized spacial score (nSPS) is 9.36. The lowest BCUT2D eigenvalue weighted by Gasteiger charge is -1.98. The molecule has 0 aromatic rings. The molecule has 0 saturated carbocycles. The number of amides is 1. The lowest BCUT2D eigenvalue weighted by atomic mass is 10.7. The fourth-order valence-corrected chi connectivity index (χ4v) is 0.313. The minimum atomic E-state index is -4.67. The first-order valence-corrected chi connectivity index (χ1v) is 4.67. The highest BCUT2D eigenvalue weighted by molar-refractivity contribution is 7.79. The van der Waals surface area contributed by atoms with Gasteiger partial charge in [-0.3, -0.25) is 18.7 Å². The molecule has 0 rings (SSSR count). The van der Waals surface area contributed by atoms with Crippen LogP contribution < -0.4 is 5.32 Å². The predicted octanol–water partition coefficient (Wildman–Crippen LogP) is -1.36. The van der Waals surface area contributed by atoms with Gasteiger partial charge >= 0.3 is 16.4 Å². The maximum absolute atomic E-state index is 10.1. The fourth-order valence-electron chi connectivity index (χ4n) is 0.313. The van der Waals surface area contributed by atoms with Gasteiger partial charge in [-0.05, 0) is 0 Å². The van der Waals surface area contributed by atoms with E-state index in [1.165, 1.54) is 6.92 Å². The Bertz CT molecular complexity index is 251. The van der Waals surface area contributed by atoms with E-state index in [2.05, 4.69) is 10.1 Å². The summed E-state index contributed by atoms with van der Waals surface area (Å²) in [6.45, 7) is 1.94. The minimum absolute atomic E-state index is 0.244. The van der Waals surface area contributed by atoms with Crippen LogP contribution in [0.25, 0.3) is 0 Å². The quantitative estimate of drug-likeness (QED) is 0.235. The number of rotatable bonds is 4. The van der Waals surface area contributed by atoms with E-state index in [1.807, 2.05) is 0 Å². The van der Waals surface area contributed by atoms with Gasteiger partial charge < -0.3 is 10.1 Å². The van der Waals surface area contributed by atoms with Gasteiger partial charge in [-0.1, -0.05) is 0 Å². The van der Waals surface area contributed by atoms with E-state index in [4.69, 9.17) is 17.5 Å². The Kier molecular flexibility index (Phi) is 9.18. The Balaban J connectivity index is 0. The van der Waals surface area contributed by atoms with E-state index in [9.17, 15) is 9.59 Å². The number of hydrogen-bond donors (Lipinski definition) is 3. The molecule has 9 heteroatoms. The molecule has 0 aromatic heterocycles.